The highest BCUT2D eigenvalue weighted by molar-refractivity contribution is 6.28. The molecule has 1 aliphatic carbocycles. The van der Waals surface area contributed by atoms with E-state index in [-0.39, 0.29) is 16.9 Å². The molecule has 2 aliphatic heterocycles. The molecule has 0 fully saturated rings. The van der Waals surface area contributed by atoms with Gasteiger partial charge in [-0.1, -0.05) is 6.08 Å². The monoisotopic (exact) mass is 334 g/mol. The Morgan fingerprint density at radius 3 is 2.48 bits per heavy atom. The third-order valence-corrected chi connectivity index (χ3v) is 3.66. The topological polar surface area (TPSA) is 32.7 Å². The van der Waals surface area contributed by atoms with Crippen LogP contribution in [0.4, 0.5) is 26.3 Å². The predicted octanol–water partition coefficient (Wildman–Crippen LogP) is 3.64. The summed E-state index contributed by atoms with van der Waals surface area (Å²) in [5.41, 5.74) is -2.32. The number of nitrogens with zero attached hydrogens (tertiary/aromatic N) is 2. The van der Waals surface area contributed by atoms with Gasteiger partial charge in [-0.15, -0.1) is 13.2 Å². The van der Waals surface area contributed by atoms with Crippen molar-refractivity contribution in [2.45, 2.75) is 18.9 Å². The van der Waals surface area contributed by atoms with Crippen LogP contribution in [0.3, 0.4) is 0 Å². The quantitative estimate of drug-likeness (QED) is 0.501. The molecule has 0 saturated heterocycles. The Labute approximate surface area is 126 Å². The molecule has 1 unspecified atom stereocenters. The van der Waals surface area contributed by atoms with E-state index < -0.39 is 41.1 Å². The van der Waals surface area contributed by atoms with Crippen molar-refractivity contribution < 1.29 is 31.1 Å². The largest absolute Gasteiger partial charge is 0.488 e. The van der Waals surface area contributed by atoms with Crippen LogP contribution in [0.2, 0.25) is 0 Å². The van der Waals surface area contributed by atoms with Crippen molar-refractivity contribution in [3.05, 3.63) is 47.0 Å². The molecule has 3 aliphatic rings. The summed E-state index contributed by atoms with van der Waals surface area (Å²) in [6, 6.07) is 0. The van der Waals surface area contributed by atoms with Crippen molar-refractivity contribution in [3.8, 4) is 0 Å². The van der Waals surface area contributed by atoms with Gasteiger partial charge in [0.05, 0.1) is 23.2 Å². The van der Waals surface area contributed by atoms with Gasteiger partial charge >= 0.3 is 12.5 Å². The van der Waals surface area contributed by atoms with Crippen LogP contribution in [0.25, 0.3) is 0 Å². The maximum absolute atomic E-state index is 13.2. The van der Waals surface area contributed by atoms with E-state index in [1.165, 1.54) is 6.08 Å². The number of hydrogen-bond acceptors (Lipinski definition) is 3. The van der Waals surface area contributed by atoms with Gasteiger partial charge < -0.3 is 0 Å². The van der Waals surface area contributed by atoms with Crippen molar-refractivity contribution in [1.82, 2.24) is 4.90 Å². The molecule has 3 rings (SSSR count). The van der Waals surface area contributed by atoms with Gasteiger partial charge in [0.2, 0.25) is 0 Å². The van der Waals surface area contributed by atoms with E-state index in [4.69, 9.17) is 0 Å². The van der Waals surface area contributed by atoms with E-state index >= 15 is 0 Å². The number of halogens is 6. The highest BCUT2D eigenvalue weighted by atomic mass is 19.4. The minimum atomic E-state index is -4.88. The molecule has 0 aromatic heterocycles. The van der Waals surface area contributed by atoms with Gasteiger partial charge in [0, 0.05) is 18.5 Å². The molecule has 0 amide bonds. The zero-order valence-electron chi connectivity index (χ0n) is 11.2. The summed E-state index contributed by atoms with van der Waals surface area (Å²) in [6.45, 7) is 0. The first kappa shape index (κ1) is 15.6. The second-order valence-electron chi connectivity index (χ2n) is 5.11. The molecule has 122 valence electrons. The summed E-state index contributed by atoms with van der Waals surface area (Å²) >= 11 is 0. The predicted molar refractivity (Wildman–Crippen MR) is 67.9 cm³/mol. The van der Waals surface area contributed by atoms with Crippen molar-refractivity contribution >= 4 is 12.0 Å². The van der Waals surface area contributed by atoms with Crippen LogP contribution in [0.15, 0.2) is 52.0 Å². The standard InChI is InChI=1S/C14H8F6N2O/c15-13(16,17)10-5-11-8(2-1-3-22(11)14(18,19)20)9-4-7(23)6-21-12(9)10/h1-3,5-6,9H,4H2. The number of Topliss-reactive ketones (excluding diaryl/α,β-unsaturated/α-hetero) is 1. The summed E-state index contributed by atoms with van der Waals surface area (Å²) in [4.78, 5) is 14.8. The Kier molecular flexibility index (Phi) is 3.27. The lowest BCUT2D eigenvalue weighted by Crippen LogP contribution is -2.38. The molecule has 0 bridgehead atoms. The fourth-order valence-electron chi connectivity index (χ4n) is 2.74. The summed E-state index contributed by atoms with van der Waals surface area (Å²) in [6.07, 6.45) is -5.89. The van der Waals surface area contributed by atoms with E-state index in [1.54, 1.807) is 0 Å². The van der Waals surface area contributed by atoms with Crippen molar-refractivity contribution in [2.75, 3.05) is 0 Å². The number of aliphatic imine (C=N–C) groups is 1. The average molecular weight is 334 g/mol. The zero-order valence-corrected chi connectivity index (χ0v) is 11.2. The van der Waals surface area contributed by atoms with Crippen molar-refractivity contribution in [3.63, 3.8) is 0 Å². The molecule has 3 nitrogen and oxygen atoms in total. The fourth-order valence-corrected chi connectivity index (χ4v) is 2.74. The van der Waals surface area contributed by atoms with Gasteiger partial charge in [-0.3, -0.25) is 14.7 Å². The van der Waals surface area contributed by atoms with E-state index in [0.717, 1.165) is 12.3 Å². The molecule has 0 aromatic rings. The first-order valence-corrected chi connectivity index (χ1v) is 6.44. The molecule has 0 aromatic carbocycles. The van der Waals surface area contributed by atoms with Crippen LogP contribution in [0, 0.1) is 5.92 Å². The molecule has 0 radical (unpaired) electrons. The average Bonchev–Trinajstić information content (AvgIpc) is 2.43. The summed E-state index contributed by atoms with van der Waals surface area (Å²) in [5, 5.41) is 0. The van der Waals surface area contributed by atoms with E-state index in [9.17, 15) is 31.1 Å². The number of alkyl halides is 6. The van der Waals surface area contributed by atoms with E-state index in [0.29, 0.717) is 12.3 Å². The van der Waals surface area contributed by atoms with Crippen LogP contribution in [0.5, 0.6) is 0 Å². The number of allylic oxidation sites excluding steroid dienone is 6. The van der Waals surface area contributed by atoms with Gasteiger partial charge in [-0.05, 0) is 17.7 Å². The minimum absolute atomic E-state index is 0.00183. The van der Waals surface area contributed by atoms with Gasteiger partial charge in [-0.25, -0.2) is 0 Å². The van der Waals surface area contributed by atoms with E-state index in [1.807, 2.05) is 0 Å². The third-order valence-electron chi connectivity index (χ3n) is 3.66. The highest BCUT2D eigenvalue weighted by Gasteiger charge is 2.47. The number of hydrogen-bond donors (Lipinski definition) is 0. The first-order valence-electron chi connectivity index (χ1n) is 6.44. The normalized spacial score (nSPS) is 24.3. The Hall–Kier alpha value is -2.32. The lowest BCUT2D eigenvalue weighted by atomic mass is 9.79. The first-order chi connectivity index (χ1) is 10.6. The summed E-state index contributed by atoms with van der Waals surface area (Å²) in [7, 11) is 0. The van der Waals surface area contributed by atoms with Crippen LogP contribution in [0.1, 0.15) is 6.42 Å². The second-order valence-corrected chi connectivity index (χ2v) is 5.11. The third kappa shape index (κ3) is 2.60. The number of carbonyl (C=O) groups is 1. The Morgan fingerprint density at radius 2 is 1.87 bits per heavy atom. The molecule has 23 heavy (non-hydrogen) atoms. The number of rotatable bonds is 0. The Balaban J connectivity index is 2.21. The Morgan fingerprint density at radius 1 is 1.17 bits per heavy atom. The number of carbonyl (C=O) groups excluding carboxylic acids is 1. The van der Waals surface area contributed by atoms with Gasteiger partial charge in [-0.2, -0.15) is 13.2 Å². The molecule has 0 spiro atoms. The smallest absolute Gasteiger partial charge is 0.293 e. The molecule has 2 heterocycles. The molecular weight excluding hydrogens is 326 g/mol. The highest BCUT2D eigenvalue weighted by Crippen LogP contribution is 2.47. The van der Waals surface area contributed by atoms with Crippen LogP contribution < -0.4 is 0 Å². The van der Waals surface area contributed by atoms with Crippen LogP contribution in [-0.2, 0) is 4.79 Å². The van der Waals surface area contributed by atoms with Crippen LogP contribution >= 0.6 is 0 Å². The van der Waals surface area contributed by atoms with Gasteiger partial charge in [0.1, 0.15) is 0 Å². The van der Waals surface area contributed by atoms with Gasteiger partial charge in [0.25, 0.3) is 0 Å². The fraction of sp³-hybridized carbons (Fsp3) is 0.286. The summed E-state index contributed by atoms with van der Waals surface area (Å²) < 4.78 is 78.7. The maximum Gasteiger partial charge on any atom is 0.488 e. The second kappa shape index (κ2) is 4.84. The van der Waals surface area contributed by atoms with Gasteiger partial charge in [0.15, 0.2) is 5.78 Å². The summed E-state index contributed by atoms with van der Waals surface area (Å²) in [5.74, 6) is -1.67. The van der Waals surface area contributed by atoms with E-state index in [2.05, 4.69) is 4.99 Å². The Bertz CT molecular complexity index is 721. The molecule has 0 saturated carbocycles. The van der Waals surface area contributed by atoms with Crippen molar-refractivity contribution in [1.29, 1.82) is 0 Å². The molecular formula is C14H8F6N2O. The lowest BCUT2D eigenvalue weighted by Gasteiger charge is -2.37. The molecule has 1 atom stereocenters. The molecule has 0 N–H and O–H groups in total. The van der Waals surface area contributed by atoms with Crippen LogP contribution in [-0.4, -0.2) is 29.4 Å². The zero-order chi connectivity index (χ0) is 17.0. The lowest BCUT2D eigenvalue weighted by molar-refractivity contribution is -0.215. The number of ketones is 1. The SMILES string of the molecule is O=C1C=NC2=C(C(F)(F)F)C=C3C(=CC=CN3C(F)(F)F)C2C1. The number of fused-ring (bicyclic) bond motifs is 3. The molecule has 9 heteroatoms. The maximum atomic E-state index is 13.2. The van der Waals surface area contributed by atoms with Crippen molar-refractivity contribution in [2.24, 2.45) is 10.9 Å². The minimum Gasteiger partial charge on any atom is -0.293 e.